The molecule has 6 rings (SSSR count). The van der Waals surface area contributed by atoms with Crippen molar-refractivity contribution in [1.29, 1.82) is 0 Å². The third-order valence-corrected chi connectivity index (χ3v) is 5.95. The van der Waals surface area contributed by atoms with Gasteiger partial charge in [0.1, 0.15) is 17.7 Å². The summed E-state index contributed by atoms with van der Waals surface area (Å²) in [6, 6.07) is 18.9. The monoisotopic (exact) mass is 341 g/mol. The second kappa shape index (κ2) is 4.74. The Morgan fingerprint density at radius 3 is 2.68 bits per heavy atom. The number of imidazole rings is 1. The lowest BCUT2D eigenvalue weighted by Gasteiger charge is -2.01. The van der Waals surface area contributed by atoms with Crippen LogP contribution in [0.5, 0.6) is 0 Å². The summed E-state index contributed by atoms with van der Waals surface area (Å²) in [5.41, 5.74) is 5.76. The summed E-state index contributed by atoms with van der Waals surface area (Å²) in [5, 5.41) is 0. The van der Waals surface area contributed by atoms with Gasteiger partial charge in [0.15, 0.2) is 0 Å². The van der Waals surface area contributed by atoms with Crippen molar-refractivity contribution >= 4 is 31.9 Å². The average molecular weight is 341 g/mol. The Balaban J connectivity index is 1.84. The van der Waals surface area contributed by atoms with Gasteiger partial charge in [-0.2, -0.15) is 4.57 Å². The molecule has 4 aromatic heterocycles. The zero-order chi connectivity index (χ0) is 16.4. The van der Waals surface area contributed by atoms with Crippen LogP contribution in [-0.2, 0) is 6.54 Å². The molecule has 0 unspecified atom stereocenters. The molecule has 0 spiro atoms. The fourth-order valence-electron chi connectivity index (χ4n) is 3.77. The summed E-state index contributed by atoms with van der Waals surface area (Å²) in [4.78, 5) is 10.5. The molecule has 118 valence electrons. The molecule has 1 aliphatic heterocycles. The Hall–Kier alpha value is -3.05. The van der Waals surface area contributed by atoms with Gasteiger partial charge in [0.2, 0.25) is 10.3 Å². The van der Waals surface area contributed by atoms with E-state index in [1.807, 2.05) is 24.5 Å². The molecule has 0 saturated heterocycles. The van der Waals surface area contributed by atoms with Crippen LogP contribution < -0.4 is 4.57 Å². The van der Waals surface area contributed by atoms with E-state index < -0.39 is 0 Å². The molecule has 5 heteroatoms. The summed E-state index contributed by atoms with van der Waals surface area (Å²) in [6.45, 7) is 0.814. The molecule has 0 amide bonds. The number of hydrogen-bond donors (Lipinski definition) is 0. The van der Waals surface area contributed by atoms with Crippen molar-refractivity contribution in [3.05, 3.63) is 72.7 Å². The third-order valence-electron chi connectivity index (χ3n) is 4.79. The predicted molar refractivity (Wildman–Crippen MR) is 99.0 cm³/mol. The molecule has 25 heavy (non-hydrogen) atoms. The van der Waals surface area contributed by atoms with E-state index in [4.69, 9.17) is 0 Å². The zero-order valence-corrected chi connectivity index (χ0v) is 14.1. The van der Waals surface area contributed by atoms with E-state index in [1.54, 1.807) is 11.3 Å². The van der Waals surface area contributed by atoms with Crippen molar-refractivity contribution in [1.82, 2.24) is 14.5 Å². The number of hydrogen-bond acceptors (Lipinski definition) is 3. The minimum atomic E-state index is 0.814. The molecule has 0 bridgehead atoms. The van der Waals surface area contributed by atoms with E-state index >= 15 is 0 Å². The van der Waals surface area contributed by atoms with Crippen LogP contribution in [0.2, 0.25) is 0 Å². The average Bonchev–Trinajstić information content (AvgIpc) is 3.30. The number of thiophene rings is 1. The molecule has 4 nitrogen and oxygen atoms in total. The summed E-state index contributed by atoms with van der Waals surface area (Å²) < 4.78 is 5.94. The number of benzene rings is 1. The van der Waals surface area contributed by atoms with Gasteiger partial charge in [0.25, 0.3) is 5.82 Å². The Morgan fingerprint density at radius 2 is 1.76 bits per heavy atom. The first-order valence-electron chi connectivity index (χ1n) is 8.23. The van der Waals surface area contributed by atoms with Gasteiger partial charge in [0, 0.05) is 12.4 Å². The third kappa shape index (κ3) is 1.68. The van der Waals surface area contributed by atoms with E-state index in [0.29, 0.717) is 0 Å². The summed E-state index contributed by atoms with van der Waals surface area (Å²) in [7, 11) is 0. The van der Waals surface area contributed by atoms with E-state index in [2.05, 4.69) is 61.6 Å². The quantitative estimate of drug-likeness (QED) is 0.424. The molecule has 0 radical (unpaired) electrons. The molecule has 1 aromatic carbocycles. The van der Waals surface area contributed by atoms with Gasteiger partial charge in [-0.25, -0.2) is 4.57 Å². The zero-order valence-electron chi connectivity index (χ0n) is 13.3. The molecule has 0 atom stereocenters. The Bertz CT molecular complexity index is 1270. The minimum Gasteiger partial charge on any atom is -0.256 e. The Labute approximate surface area is 147 Å². The largest absolute Gasteiger partial charge is 0.298 e. The first-order chi connectivity index (χ1) is 12.4. The predicted octanol–water partition coefficient (Wildman–Crippen LogP) is 3.95. The van der Waals surface area contributed by atoms with E-state index in [-0.39, 0.29) is 0 Å². The highest BCUT2D eigenvalue weighted by atomic mass is 32.1. The first kappa shape index (κ1) is 13.3. The van der Waals surface area contributed by atoms with Crippen LogP contribution in [0.3, 0.4) is 0 Å². The Morgan fingerprint density at radius 1 is 0.920 bits per heavy atom. The van der Waals surface area contributed by atoms with Gasteiger partial charge in [-0.15, -0.1) is 0 Å². The minimum absolute atomic E-state index is 0.814. The van der Waals surface area contributed by atoms with Crippen LogP contribution in [0.15, 0.2) is 67.0 Å². The summed E-state index contributed by atoms with van der Waals surface area (Å²) in [5.74, 6) is 1.20. The van der Waals surface area contributed by atoms with E-state index in [0.717, 1.165) is 23.4 Å². The van der Waals surface area contributed by atoms with Gasteiger partial charge in [0.05, 0.1) is 16.0 Å². The van der Waals surface area contributed by atoms with Gasteiger partial charge in [-0.3, -0.25) is 9.97 Å². The molecule has 1 aliphatic rings. The fourth-order valence-corrected chi connectivity index (χ4v) is 4.92. The molecular weight excluding hydrogens is 328 g/mol. The Kier molecular flexibility index (Phi) is 2.51. The molecule has 5 heterocycles. The second-order valence-electron chi connectivity index (χ2n) is 6.18. The maximum absolute atomic E-state index is 4.68. The highest BCUT2D eigenvalue weighted by Gasteiger charge is 2.37. The van der Waals surface area contributed by atoms with Crippen molar-refractivity contribution in [3.8, 4) is 17.1 Å². The molecular formula is C20H13N4S+. The van der Waals surface area contributed by atoms with Crippen LogP contribution in [0, 0.1) is 0 Å². The number of rotatable bonds is 1. The van der Waals surface area contributed by atoms with E-state index in [1.165, 1.54) is 26.4 Å². The van der Waals surface area contributed by atoms with Crippen LogP contribution in [0.1, 0.15) is 5.69 Å². The van der Waals surface area contributed by atoms with Crippen molar-refractivity contribution in [2.45, 2.75) is 6.54 Å². The van der Waals surface area contributed by atoms with E-state index in [9.17, 15) is 0 Å². The smallest absolute Gasteiger partial charge is 0.256 e. The number of para-hydroxylation sites is 1. The van der Waals surface area contributed by atoms with Crippen molar-refractivity contribution in [3.63, 3.8) is 0 Å². The SMILES string of the molecule is c1ccc(-n2c3[n+](c4sc5cccnc5c42)Cc2ncccc2-3)cc1. The standard InChI is InChI=1S/C20H13N4S/c1-2-6-13(7-3-1)24-18-17-16(9-5-11-22-17)25-20(18)23-12-15-14(19(23)24)8-4-10-21-15/h1-11H,12H2/q+1. The van der Waals surface area contributed by atoms with Crippen LogP contribution in [0.25, 0.3) is 37.6 Å². The van der Waals surface area contributed by atoms with Gasteiger partial charge >= 0.3 is 0 Å². The lowest BCUT2D eigenvalue weighted by atomic mass is 10.2. The van der Waals surface area contributed by atoms with Gasteiger partial charge < -0.3 is 0 Å². The number of pyridine rings is 2. The maximum atomic E-state index is 4.68. The highest BCUT2D eigenvalue weighted by molar-refractivity contribution is 7.25. The maximum Gasteiger partial charge on any atom is 0.298 e. The number of aromatic nitrogens is 4. The molecule has 0 fully saturated rings. The highest BCUT2D eigenvalue weighted by Crippen LogP contribution is 2.39. The fraction of sp³-hybridized carbons (Fsp3) is 0.0500. The molecule has 5 aromatic rings. The lowest BCUT2D eigenvalue weighted by molar-refractivity contribution is -0.644. The lowest BCUT2D eigenvalue weighted by Crippen LogP contribution is -2.30. The van der Waals surface area contributed by atoms with Crippen LogP contribution >= 0.6 is 11.3 Å². The first-order valence-corrected chi connectivity index (χ1v) is 9.05. The van der Waals surface area contributed by atoms with Gasteiger partial charge in [-0.1, -0.05) is 29.5 Å². The normalized spacial score (nSPS) is 12.6. The van der Waals surface area contributed by atoms with Crippen LogP contribution in [0.4, 0.5) is 0 Å². The van der Waals surface area contributed by atoms with Crippen molar-refractivity contribution < 1.29 is 4.57 Å². The molecule has 0 aliphatic carbocycles. The summed E-state index contributed by atoms with van der Waals surface area (Å²) in [6.07, 6.45) is 3.75. The van der Waals surface area contributed by atoms with Gasteiger partial charge in [-0.05, 0) is 36.4 Å². The summed E-state index contributed by atoms with van der Waals surface area (Å²) >= 11 is 1.80. The number of nitrogens with zero attached hydrogens (tertiary/aromatic N) is 4. The van der Waals surface area contributed by atoms with Crippen molar-refractivity contribution in [2.75, 3.05) is 0 Å². The van der Waals surface area contributed by atoms with Crippen molar-refractivity contribution in [2.24, 2.45) is 0 Å². The number of fused-ring (bicyclic) bond motifs is 7. The molecule has 0 saturated carbocycles. The topological polar surface area (TPSA) is 34.6 Å². The van der Waals surface area contributed by atoms with Crippen LogP contribution in [-0.4, -0.2) is 14.5 Å². The molecule has 0 N–H and O–H groups in total. The second-order valence-corrected chi connectivity index (χ2v) is 7.21.